The van der Waals surface area contributed by atoms with Crippen LogP contribution in [0.25, 0.3) is 0 Å². The van der Waals surface area contributed by atoms with Crippen LogP contribution in [-0.4, -0.2) is 28.5 Å². The van der Waals surface area contributed by atoms with Crippen LogP contribution in [0.4, 0.5) is 0 Å². The molecular weight excluding hydrogens is 204 g/mol. The van der Waals surface area contributed by atoms with Crippen LogP contribution in [-0.2, 0) is 11.2 Å². The molecule has 16 heavy (non-hydrogen) atoms. The Kier molecular flexibility index (Phi) is 5.35. The number of nitrogens with zero attached hydrogens (tertiary/aromatic N) is 2. The van der Waals surface area contributed by atoms with E-state index in [9.17, 15) is 5.11 Å². The summed E-state index contributed by atoms with van der Waals surface area (Å²) in [5, 5.41) is 18.1. The van der Waals surface area contributed by atoms with Crippen molar-refractivity contribution in [3.8, 4) is 0 Å². The lowest BCUT2D eigenvalue weighted by atomic mass is 10.1. The molecule has 1 N–H and O–H groups in total. The van der Waals surface area contributed by atoms with Crippen LogP contribution in [0, 0.1) is 6.92 Å². The lowest BCUT2D eigenvalue weighted by Crippen LogP contribution is -2.12. The number of ether oxygens (including phenoxy) is 1. The van der Waals surface area contributed by atoms with Crippen molar-refractivity contribution in [2.75, 3.05) is 13.2 Å². The summed E-state index contributed by atoms with van der Waals surface area (Å²) in [5.74, 6) is 0. The molecular formula is C12H20N2O2. The Labute approximate surface area is 96.7 Å². The van der Waals surface area contributed by atoms with E-state index in [1.807, 2.05) is 26.8 Å². The molecule has 0 amide bonds. The van der Waals surface area contributed by atoms with Gasteiger partial charge in [0.05, 0.1) is 18.0 Å². The number of aromatic nitrogens is 2. The van der Waals surface area contributed by atoms with E-state index in [2.05, 4.69) is 10.2 Å². The largest absolute Gasteiger partial charge is 0.386 e. The number of aryl methyl sites for hydroxylation is 2. The molecule has 0 bridgehead atoms. The maximum Gasteiger partial charge on any atom is 0.104 e. The van der Waals surface area contributed by atoms with Crippen molar-refractivity contribution in [3.63, 3.8) is 0 Å². The maximum absolute atomic E-state index is 9.99. The molecule has 0 saturated heterocycles. The van der Waals surface area contributed by atoms with Crippen LogP contribution in [0.5, 0.6) is 0 Å². The Morgan fingerprint density at radius 1 is 1.38 bits per heavy atom. The zero-order chi connectivity index (χ0) is 12.0. The second kappa shape index (κ2) is 6.55. The fourth-order valence-corrected chi connectivity index (χ4v) is 1.53. The van der Waals surface area contributed by atoms with Crippen molar-refractivity contribution in [2.45, 2.75) is 39.7 Å². The van der Waals surface area contributed by atoms with E-state index >= 15 is 0 Å². The summed E-state index contributed by atoms with van der Waals surface area (Å²) in [6.45, 7) is 6.92. The fourth-order valence-electron chi connectivity index (χ4n) is 1.53. The van der Waals surface area contributed by atoms with E-state index in [4.69, 9.17) is 4.74 Å². The lowest BCUT2D eigenvalue weighted by Gasteiger charge is -2.14. The molecule has 0 aliphatic rings. The summed E-state index contributed by atoms with van der Waals surface area (Å²) >= 11 is 0. The minimum Gasteiger partial charge on any atom is -0.386 e. The Balaban J connectivity index is 2.72. The number of hydrogen-bond acceptors (Lipinski definition) is 4. The number of rotatable bonds is 6. The predicted molar refractivity (Wildman–Crippen MR) is 62.2 cm³/mol. The highest BCUT2D eigenvalue weighted by molar-refractivity contribution is 5.23. The molecule has 1 rings (SSSR count). The molecule has 0 aromatic carbocycles. The topological polar surface area (TPSA) is 55.2 Å². The van der Waals surface area contributed by atoms with Gasteiger partial charge in [-0.15, -0.1) is 0 Å². The molecule has 0 aliphatic heterocycles. The Morgan fingerprint density at radius 3 is 2.75 bits per heavy atom. The third-order valence-corrected chi connectivity index (χ3v) is 2.34. The highest BCUT2D eigenvalue weighted by Gasteiger charge is 2.13. The van der Waals surface area contributed by atoms with Crippen molar-refractivity contribution < 1.29 is 9.84 Å². The van der Waals surface area contributed by atoms with Gasteiger partial charge >= 0.3 is 0 Å². The van der Waals surface area contributed by atoms with Crippen LogP contribution < -0.4 is 0 Å². The van der Waals surface area contributed by atoms with E-state index < -0.39 is 6.10 Å². The standard InChI is InChI=1S/C12H20N2O2/c1-4-6-16-8-12(15)10-7-9(3)13-14-11(10)5-2/h7,12,15H,4-6,8H2,1-3H3. The van der Waals surface area contributed by atoms with Crippen molar-refractivity contribution in [2.24, 2.45) is 0 Å². The predicted octanol–water partition coefficient (Wildman–Crippen LogP) is 1.81. The molecule has 1 aromatic rings. The molecule has 1 unspecified atom stereocenters. The second-order valence-corrected chi connectivity index (χ2v) is 3.83. The minimum absolute atomic E-state index is 0.325. The van der Waals surface area contributed by atoms with E-state index in [-0.39, 0.29) is 0 Å². The number of aliphatic hydroxyl groups is 1. The van der Waals surface area contributed by atoms with Gasteiger partial charge in [-0.1, -0.05) is 13.8 Å². The van der Waals surface area contributed by atoms with Gasteiger partial charge in [0, 0.05) is 12.2 Å². The monoisotopic (exact) mass is 224 g/mol. The van der Waals surface area contributed by atoms with Crippen LogP contribution in [0.1, 0.15) is 43.3 Å². The van der Waals surface area contributed by atoms with Crippen LogP contribution >= 0.6 is 0 Å². The number of hydrogen-bond donors (Lipinski definition) is 1. The first-order valence-electron chi connectivity index (χ1n) is 5.77. The van der Waals surface area contributed by atoms with Gasteiger partial charge < -0.3 is 9.84 Å². The Hall–Kier alpha value is -1.00. The molecule has 0 aliphatic carbocycles. The van der Waals surface area contributed by atoms with E-state index in [1.165, 1.54) is 0 Å². The molecule has 1 heterocycles. The molecule has 0 radical (unpaired) electrons. The average Bonchev–Trinajstić information content (AvgIpc) is 2.29. The van der Waals surface area contributed by atoms with Gasteiger partial charge in [0.25, 0.3) is 0 Å². The van der Waals surface area contributed by atoms with E-state index in [1.54, 1.807) is 0 Å². The first-order valence-corrected chi connectivity index (χ1v) is 5.77. The van der Waals surface area contributed by atoms with Gasteiger partial charge in [-0.25, -0.2) is 0 Å². The normalized spacial score (nSPS) is 12.8. The summed E-state index contributed by atoms with van der Waals surface area (Å²) in [4.78, 5) is 0. The Bertz CT molecular complexity index is 329. The summed E-state index contributed by atoms with van der Waals surface area (Å²) in [6.07, 6.45) is 1.13. The van der Waals surface area contributed by atoms with E-state index in [0.717, 1.165) is 29.8 Å². The second-order valence-electron chi connectivity index (χ2n) is 3.83. The molecule has 1 aromatic heterocycles. The summed E-state index contributed by atoms with van der Waals surface area (Å²) in [7, 11) is 0. The quantitative estimate of drug-likeness (QED) is 0.749. The van der Waals surface area contributed by atoms with Crippen molar-refractivity contribution in [3.05, 3.63) is 23.0 Å². The molecule has 1 atom stereocenters. The number of aliphatic hydroxyl groups excluding tert-OH is 1. The zero-order valence-electron chi connectivity index (χ0n) is 10.2. The van der Waals surface area contributed by atoms with Crippen LogP contribution in [0.3, 0.4) is 0 Å². The summed E-state index contributed by atoms with van der Waals surface area (Å²) in [5.41, 5.74) is 2.51. The lowest BCUT2D eigenvalue weighted by molar-refractivity contribution is 0.0356. The third-order valence-electron chi connectivity index (χ3n) is 2.34. The SMILES string of the molecule is CCCOCC(O)c1cc(C)nnc1CC. The zero-order valence-corrected chi connectivity index (χ0v) is 10.2. The smallest absolute Gasteiger partial charge is 0.104 e. The minimum atomic E-state index is -0.601. The van der Waals surface area contributed by atoms with Gasteiger partial charge in [-0.05, 0) is 25.8 Å². The first-order chi connectivity index (χ1) is 7.69. The molecule has 4 heteroatoms. The van der Waals surface area contributed by atoms with Gasteiger partial charge in [0.2, 0.25) is 0 Å². The fraction of sp³-hybridized carbons (Fsp3) is 0.667. The molecule has 90 valence electrons. The molecule has 0 spiro atoms. The Morgan fingerprint density at radius 2 is 2.12 bits per heavy atom. The van der Waals surface area contributed by atoms with Crippen molar-refractivity contribution in [1.29, 1.82) is 0 Å². The molecule has 4 nitrogen and oxygen atoms in total. The summed E-state index contributed by atoms with van der Waals surface area (Å²) in [6, 6.07) is 1.88. The average molecular weight is 224 g/mol. The van der Waals surface area contributed by atoms with Crippen molar-refractivity contribution in [1.82, 2.24) is 10.2 Å². The molecule has 0 fully saturated rings. The molecule has 0 saturated carbocycles. The van der Waals surface area contributed by atoms with Gasteiger partial charge in [-0.2, -0.15) is 10.2 Å². The van der Waals surface area contributed by atoms with Gasteiger partial charge in [-0.3, -0.25) is 0 Å². The third kappa shape index (κ3) is 3.54. The van der Waals surface area contributed by atoms with Gasteiger partial charge in [0.1, 0.15) is 6.10 Å². The van der Waals surface area contributed by atoms with Gasteiger partial charge in [0.15, 0.2) is 0 Å². The highest BCUT2D eigenvalue weighted by Crippen LogP contribution is 2.17. The maximum atomic E-state index is 9.99. The van der Waals surface area contributed by atoms with E-state index in [0.29, 0.717) is 13.2 Å². The first kappa shape index (κ1) is 13.1. The summed E-state index contributed by atoms with van der Waals surface area (Å²) < 4.78 is 5.34. The highest BCUT2D eigenvalue weighted by atomic mass is 16.5. The van der Waals surface area contributed by atoms with Crippen LogP contribution in [0.2, 0.25) is 0 Å². The van der Waals surface area contributed by atoms with Crippen LogP contribution in [0.15, 0.2) is 6.07 Å². The van der Waals surface area contributed by atoms with Crippen molar-refractivity contribution >= 4 is 0 Å².